The summed E-state index contributed by atoms with van der Waals surface area (Å²) < 4.78 is 0. The van der Waals surface area contributed by atoms with Crippen molar-refractivity contribution < 1.29 is 77.1 Å². The SMILES string of the molecule is C[C-]1[C@@H]2[C@H]3CCC4C5CC(C)(C)CC[C@]5([C-]=O)[CH-]C[C@@]4(C)[C@@](C)(C3)CC2(C)CC[C@@H]1C.[V].[W].[Y]. The fraction of sp³-hybridized carbons (Fsp3) is 0.900. The molecular weight excluding hydrogens is 700 g/mol. The third kappa shape index (κ3) is 4.69. The molecule has 0 aromatic rings. The standard InChI is InChI=1S/C30H47O.V.W.Y/c1-20-10-11-27(5)18-28(6)16-22(25(27)21(20)2)8-9-23-24-17-26(3,4)12-14-30(24,19-31)15-13-29(23,28)7;;;/h15,20,22-25H,8-14,16-18H2,1-7H3;;;/q-3;;;/t20-,22-,23?,24?,25+,27?,28-,29+,30+;;;/m0.../s1. The van der Waals surface area contributed by atoms with Crippen LogP contribution in [0.25, 0.3) is 0 Å². The maximum atomic E-state index is 12.5. The van der Waals surface area contributed by atoms with E-state index >= 15 is 0 Å². The Hall–Kier alpha value is 2.05. The van der Waals surface area contributed by atoms with Crippen molar-refractivity contribution in [3.8, 4) is 0 Å². The molecule has 0 amide bonds. The third-order valence-electron chi connectivity index (χ3n) is 12.4. The number of carbonyl (C=O) groups excluding carboxylic acids is 1. The monoisotopic (exact) mass is 747 g/mol. The summed E-state index contributed by atoms with van der Waals surface area (Å²) in [4.78, 5) is 12.5. The molecule has 4 heteroatoms. The number of hydrogen-bond donors (Lipinski definition) is 0. The molecule has 34 heavy (non-hydrogen) atoms. The third-order valence-corrected chi connectivity index (χ3v) is 12.4. The smallest absolute Gasteiger partial charge is 0 e. The molecule has 190 valence electrons. The van der Waals surface area contributed by atoms with Gasteiger partial charge in [-0.15, -0.1) is 0 Å². The van der Waals surface area contributed by atoms with Gasteiger partial charge in [0, 0.05) is 72.3 Å². The molecule has 0 N–H and O–H groups in total. The van der Waals surface area contributed by atoms with Gasteiger partial charge in [-0.05, 0) is 42.4 Å². The van der Waals surface area contributed by atoms with Crippen LogP contribution in [0, 0.1) is 69.0 Å². The number of fused-ring (bicyclic) bond motifs is 8. The summed E-state index contributed by atoms with van der Waals surface area (Å²) in [5, 5.41) is 0. The van der Waals surface area contributed by atoms with Crippen LogP contribution in [0.2, 0.25) is 0 Å². The van der Waals surface area contributed by atoms with Gasteiger partial charge in [-0.2, -0.15) is 25.2 Å². The van der Waals surface area contributed by atoms with Gasteiger partial charge < -0.3 is 17.1 Å². The first-order valence-corrected chi connectivity index (χ1v) is 13.5. The summed E-state index contributed by atoms with van der Waals surface area (Å²) >= 11 is 0. The number of rotatable bonds is 1. The Labute approximate surface area is 262 Å². The van der Waals surface area contributed by atoms with Crippen molar-refractivity contribution in [2.45, 2.75) is 113 Å². The van der Waals surface area contributed by atoms with Crippen LogP contribution >= 0.6 is 0 Å². The van der Waals surface area contributed by atoms with Crippen molar-refractivity contribution in [1.29, 1.82) is 0 Å². The second-order valence-electron chi connectivity index (χ2n) is 14.6. The topological polar surface area (TPSA) is 17.1 Å². The quantitative estimate of drug-likeness (QED) is 0.249. The molecule has 5 aliphatic carbocycles. The molecule has 0 aliphatic heterocycles. The van der Waals surface area contributed by atoms with Gasteiger partial charge in [0.2, 0.25) is 0 Å². The van der Waals surface area contributed by atoms with E-state index in [4.69, 9.17) is 0 Å². The summed E-state index contributed by atoms with van der Waals surface area (Å²) in [7, 11) is 0. The van der Waals surface area contributed by atoms with Crippen LogP contribution < -0.4 is 0 Å². The van der Waals surface area contributed by atoms with E-state index in [1.807, 2.05) is 5.92 Å². The molecule has 5 rings (SSSR count). The first-order chi connectivity index (χ1) is 14.4. The Bertz CT molecular complexity index is 758. The van der Waals surface area contributed by atoms with Crippen molar-refractivity contribution in [3.05, 3.63) is 12.3 Å². The molecule has 5 fully saturated rings. The molecule has 2 bridgehead atoms. The molecule has 0 saturated heterocycles. The van der Waals surface area contributed by atoms with Gasteiger partial charge in [0.25, 0.3) is 0 Å². The van der Waals surface area contributed by atoms with E-state index in [1.54, 1.807) is 0 Å². The Morgan fingerprint density at radius 2 is 1.62 bits per heavy atom. The van der Waals surface area contributed by atoms with E-state index in [0.717, 1.165) is 30.6 Å². The van der Waals surface area contributed by atoms with Crippen LogP contribution in [0.15, 0.2) is 0 Å². The minimum atomic E-state index is -0.262. The Balaban J connectivity index is 0.00000136. The normalized spacial score (nSPS) is 51.6. The molecule has 5 saturated carbocycles. The van der Waals surface area contributed by atoms with Gasteiger partial charge in [0.1, 0.15) is 0 Å². The second-order valence-corrected chi connectivity index (χ2v) is 14.6. The summed E-state index contributed by atoms with van der Waals surface area (Å²) in [6, 6.07) is 0. The van der Waals surface area contributed by atoms with Crippen LogP contribution in [0.5, 0.6) is 0 Å². The zero-order valence-corrected chi connectivity index (χ0v) is 30.0. The molecule has 0 heterocycles. The molecule has 0 spiro atoms. The predicted molar refractivity (Wildman–Crippen MR) is 129 cm³/mol. The molecule has 1 nitrogen and oxygen atoms in total. The predicted octanol–water partition coefficient (Wildman–Crippen LogP) is 7.99. The Morgan fingerprint density at radius 3 is 2.26 bits per heavy atom. The van der Waals surface area contributed by atoms with Crippen molar-refractivity contribution in [2.24, 2.45) is 56.7 Å². The molecule has 3 unspecified atom stereocenters. The molecular formula is C30H47OVWY-3. The van der Waals surface area contributed by atoms with Crippen molar-refractivity contribution >= 4 is 6.29 Å². The molecule has 0 aromatic heterocycles. The maximum Gasteiger partial charge on any atom is 0 e. The van der Waals surface area contributed by atoms with E-state index < -0.39 is 0 Å². The minimum Gasteiger partial charge on any atom is -0.544 e. The average molecular weight is 747 g/mol. The Kier molecular flexibility index (Phi) is 10.0. The fourth-order valence-corrected chi connectivity index (χ4v) is 10.4. The van der Waals surface area contributed by atoms with E-state index in [2.05, 4.69) is 61.2 Å². The summed E-state index contributed by atoms with van der Waals surface area (Å²) in [6.07, 6.45) is 18.0. The Morgan fingerprint density at radius 1 is 0.941 bits per heavy atom. The van der Waals surface area contributed by atoms with Crippen LogP contribution in [0.4, 0.5) is 0 Å². The zero-order valence-electron chi connectivity index (χ0n) is 22.9. The van der Waals surface area contributed by atoms with E-state index in [1.165, 1.54) is 51.4 Å². The van der Waals surface area contributed by atoms with Crippen LogP contribution in [0.3, 0.4) is 0 Å². The zero-order chi connectivity index (χ0) is 22.4. The van der Waals surface area contributed by atoms with E-state index in [9.17, 15) is 4.79 Å². The minimum absolute atomic E-state index is 0. The first-order valence-electron chi connectivity index (χ1n) is 13.5. The van der Waals surface area contributed by atoms with Crippen LogP contribution in [-0.2, 0) is 77.1 Å². The molecule has 0 aromatic carbocycles. The summed E-state index contributed by atoms with van der Waals surface area (Å²) in [6.45, 7) is 17.8. The van der Waals surface area contributed by atoms with Gasteiger partial charge in [0.15, 0.2) is 0 Å². The molecule has 9 atom stereocenters. The van der Waals surface area contributed by atoms with Crippen molar-refractivity contribution in [2.75, 3.05) is 0 Å². The van der Waals surface area contributed by atoms with Gasteiger partial charge in [0.05, 0.1) is 0 Å². The van der Waals surface area contributed by atoms with Gasteiger partial charge >= 0.3 is 0 Å². The molecule has 5 aliphatic rings. The maximum absolute atomic E-state index is 12.5. The fourth-order valence-electron chi connectivity index (χ4n) is 10.4. The van der Waals surface area contributed by atoms with E-state index in [-0.39, 0.29) is 77.7 Å². The van der Waals surface area contributed by atoms with Gasteiger partial charge in [-0.3, -0.25) is 11.7 Å². The average Bonchev–Trinajstić information content (AvgIpc) is 2.78. The number of hydrogen-bond acceptors (Lipinski definition) is 1. The van der Waals surface area contributed by atoms with Crippen molar-refractivity contribution in [1.82, 2.24) is 0 Å². The van der Waals surface area contributed by atoms with Gasteiger partial charge in [-0.25, -0.2) is 0 Å². The van der Waals surface area contributed by atoms with Crippen molar-refractivity contribution in [3.63, 3.8) is 0 Å². The van der Waals surface area contributed by atoms with Crippen LogP contribution in [-0.4, -0.2) is 6.29 Å². The second kappa shape index (κ2) is 10.6. The largest absolute Gasteiger partial charge is 0.544 e. The molecule has 2 radical (unpaired) electrons. The summed E-state index contributed by atoms with van der Waals surface area (Å²) in [5.74, 6) is 5.46. The van der Waals surface area contributed by atoms with Crippen LogP contribution in [0.1, 0.15) is 113 Å². The van der Waals surface area contributed by atoms with E-state index in [0.29, 0.717) is 33.5 Å². The first kappa shape index (κ1) is 32.3. The summed E-state index contributed by atoms with van der Waals surface area (Å²) in [5.41, 5.74) is 1.29. The van der Waals surface area contributed by atoms with Gasteiger partial charge in [-0.1, -0.05) is 96.3 Å².